The van der Waals surface area contributed by atoms with Crippen LogP contribution in [0.25, 0.3) is 6.08 Å². The van der Waals surface area contributed by atoms with E-state index < -0.39 is 89.8 Å². The molecule has 2 aromatic rings. The van der Waals surface area contributed by atoms with E-state index in [-0.39, 0.29) is 5.92 Å². The molecule has 3 N–H and O–H groups in total. The highest BCUT2D eigenvalue weighted by atomic mass is 16.6. The number of hydrogen-bond acceptors (Lipinski definition) is 10. The Labute approximate surface area is 341 Å². The second-order valence-corrected chi connectivity index (χ2v) is 15.9. The van der Waals surface area contributed by atoms with E-state index >= 15 is 0 Å². The van der Waals surface area contributed by atoms with Crippen LogP contribution in [0.1, 0.15) is 78.5 Å². The zero-order chi connectivity index (χ0) is 42.8. The predicted octanol–water partition coefficient (Wildman–Crippen LogP) is 4.86. The molecule has 314 valence electrons. The minimum absolute atomic E-state index is 0.368. The summed E-state index contributed by atoms with van der Waals surface area (Å²) in [4.78, 5) is 70.9. The van der Waals surface area contributed by atoms with Crippen LogP contribution in [0.5, 0.6) is 0 Å². The lowest BCUT2D eigenvalue weighted by molar-refractivity contribution is -0.162. The van der Waals surface area contributed by atoms with Crippen molar-refractivity contribution in [1.29, 1.82) is 0 Å². The molecule has 9 atom stereocenters. The molecule has 58 heavy (non-hydrogen) atoms. The number of carbonyl (C=O) groups excluding carboxylic acids is 5. The number of likely N-dealkylation sites (N-methyl/N-ethyl adjacent to an activating group) is 1. The van der Waals surface area contributed by atoms with Crippen molar-refractivity contribution in [3.05, 3.63) is 102 Å². The minimum Gasteiger partial charge on any atom is -0.460 e. The molecular weight excluding hydrogens is 743 g/mol. The average Bonchev–Trinajstić information content (AvgIpc) is 3.87. The molecule has 0 aromatic heterocycles. The number of aliphatic hydroxyl groups is 1. The number of allylic oxidation sites excluding steroid dienone is 2. The minimum atomic E-state index is -1.86. The van der Waals surface area contributed by atoms with Crippen molar-refractivity contribution < 1.29 is 48.0 Å². The normalized spacial score (nSPS) is 30.1. The fourth-order valence-corrected chi connectivity index (χ4v) is 6.96. The third kappa shape index (κ3) is 11.7. The van der Waals surface area contributed by atoms with Crippen LogP contribution in [0.4, 0.5) is 0 Å². The van der Waals surface area contributed by atoms with Crippen LogP contribution < -0.4 is 10.6 Å². The van der Waals surface area contributed by atoms with Gasteiger partial charge in [0.05, 0.1) is 17.8 Å². The zero-order valence-corrected chi connectivity index (χ0v) is 35.0. The van der Waals surface area contributed by atoms with Crippen molar-refractivity contribution in [3.8, 4) is 0 Å². The molecule has 2 aliphatic rings. The molecule has 1 saturated heterocycles. The van der Waals surface area contributed by atoms with Crippen LogP contribution in [-0.2, 0) is 42.9 Å². The SMILES string of the molecule is CC[C@H](C)[C@H]1C(=O)N[C@H](COC(=O)/C=C/c2ccccc2)C(=O)N[C@@H](C(C)(C)O)C(=O)O[C@H](c2ccccc2)[C@H](C)/C=C/C=C(\C)[C@H](OC)C[C@@H]2O[C@@]2(C)C(=O)N1C. The largest absolute Gasteiger partial charge is 0.460 e. The summed E-state index contributed by atoms with van der Waals surface area (Å²) < 4.78 is 23.4. The van der Waals surface area contributed by atoms with Gasteiger partial charge in [-0.2, -0.15) is 0 Å². The summed E-state index contributed by atoms with van der Waals surface area (Å²) in [6.45, 7) is 11.2. The Morgan fingerprint density at radius 2 is 1.69 bits per heavy atom. The first-order chi connectivity index (χ1) is 27.4. The van der Waals surface area contributed by atoms with Crippen LogP contribution in [-0.4, -0.2) is 102 Å². The van der Waals surface area contributed by atoms with Crippen molar-refractivity contribution in [1.82, 2.24) is 15.5 Å². The van der Waals surface area contributed by atoms with Gasteiger partial charge < -0.3 is 39.6 Å². The highest BCUT2D eigenvalue weighted by Gasteiger charge is 2.61. The summed E-state index contributed by atoms with van der Waals surface area (Å²) in [5.74, 6) is -4.58. The van der Waals surface area contributed by atoms with Crippen molar-refractivity contribution >= 4 is 35.7 Å². The quantitative estimate of drug-likeness (QED) is 0.181. The molecule has 0 radical (unpaired) electrons. The van der Waals surface area contributed by atoms with E-state index in [2.05, 4.69) is 10.6 Å². The van der Waals surface area contributed by atoms with Crippen LogP contribution in [0, 0.1) is 11.8 Å². The maximum absolute atomic E-state index is 14.3. The van der Waals surface area contributed by atoms with E-state index in [4.69, 9.17) is 18.9 Å². The number of nitrogens with one attached hydrogen (secondary N) is 2. The number of ether oxygens (including phenoxy) is 4. The smallest absolute Gasteiger partial charge is 0.332 e. The number of amides is 3. The predicted molar refractivity (Wildman–Crippen MR) is 219 cm³/mol. The molecule has 0 saturated carbocycles. The number of benzene rings is 2. The number of rotatable bonds is 9. The molecule has 2 aromatic carbocycles. The Bertz CT molecular complexity index is 1840. The zero-order valence-electron chi connectivity index (χ0n) is 35.0. The molecule has 0 unspecified atom stereocenters. The number of hydrogen-bond donors (Lipinski definition) is 3. The van der Waals surface area contributed by atoms with E-state index in [1.54, 1.807) is 45.2 Å². The van der Waals surface area contributed by atoms with E-state index in [0.717, 1.165) is 11.1 Å². The van der Waals surface area contributed by atoms with Gasteiger partial charge in [0.25, 0.3) is 5.91 Å². The summed E-state index contributed by atoms with van der Waals surface area (Å²) in [5, 5.41) is 16.5. The summed E-state index contributed by atoms with van der Waals surface area (Å²) in [5.41, 5.74) is -0.814. The van der Waals surface area contributed by atoms with Crippen LogP contribution in [0.2, 0.25) is 0 Å². The molecule has 4 rings (SSSR count). The second kappa shape index (κ2) is 20.0. The van der Waals surface area contributed by atoms with E-state index in [0.29, 0.717) is 18.4 Å². The lowest BCUT2D eigenvalue weighted by Crippen LogP contribution is -2.62. The van der Waals surface area contributed by atoms with E-state index in [1.165, 1.54) is 37.9 Å². The van der Waals surface area contributed by atoms with Gasteiger partial charge in [-0.25, -0.2) is 9.59 Å². The number of carbonyl (C=O) groups is 5. The van der Waals surface area contributed by atoms with Crippen molar-refractivity contribution in [2.45, 2.75) is 109 Å². The first-order valence-electron chi connectivity index (χ1n) is 19.7. The van der Waals surface area contributed by atoms with Gasteiger partial charge in [-0.1, -0.05) is 106 Å². The summed E-state index contributed by atoms with van der Waals surface area (Å²) in [6, 6.07) is 13.8. The lowest BCUT2D eigenvalue weighted by atomic mass is 9.93. The van der Waals surface area contributed by atoms with Gasteiger partial charge in [-0.05, 0) is 56.4 Å². The van der Waals surface area contributed by atoms with Gasteiger partial charge in [0.15, 0.2) is 11.6 Å². The van der Waals surface area contributed by atoms with Gasteiger partial charge in [-0.3, -0.25) is 14.4 Å². The van der Waals surface area contributed by atoms with Crippen LogP contribution >= 0.6 is 0 Å². The number of epoxide rings is 1. The molecule has 13 nitrogen and oxygen atoms in total. The molecule has 3 amide bonds. The first kappa shape index (κ1) is 45.6. The monoisotopic (exact) mass is 801 g/mol. The maximum atomic E-state index is 14.3. The van der Waals surface area contributed by atoms with Gasteiger partial charge in [0, 0.05) is 32.6 Å². The van der Waals surface area contributed by atoms with Gasteiger partial charge in [-0.15, -0.1) is 0 Å². The Balaban J connectivity index is 1.76. The fourth-order valence-electron chi connectivity index (χ4n) is 6.96. The third-order valence-corrected chi connectivity index (χ3v) is 10.9. The van der Waals surface area contributed by atoms with Crippen LogP contribution in [0.15, 0.2) is 90.5 Å². The molecular formula is C45H59N3O10. The summed E-state index contributed by atoms with van der Waals surface area (Å²) in [6.07, 6.45) is 7.45. The van der Waals surface area contributed by atoms with Gasteiger partial charge in [0.2, 0.25) is 11.8 Å². The second-order valence-electron chi connectivity index (χ2n) is 15.9. The number of nitrogens with zero attached hydrogens (tertiary/aromatic N) is 1. The molecule has 0 spiro atoms. The lowest BCUT2D eigenvalue weighted by Gasteiger charge is -2.34. The number of methoxy groups -OCH3 is 1. The van der Waals surface area contributed by atoms with Crippen molar-refractivity contribution in [3.63, 3.8) is 0 Å². The highest BCUT2D eigenvalue weighted by Crippen LogP contribution is 2.42. The number of cyclic esters (lactones) is 1. The highest BCUT2D eigenvalue weighted by molar-refractivity contribution is 5.96. The Kier molecular flexibility index (Phi) is 15.8. The van der Waals surface area contributed by atoms with Crippen LogP contribution in [0.3, 0.4) is 0 Å². The molecule has 2 aliphatic heterocycles. The Morgan fingerprint density at radius 3 is 2.29 bits per heavy atom. The Hall–Kier alpha value is -5.11. The Morgan fingerprint density at radius 1 is 1.05 bits per heavy atom. The first-order valence-corrected chi connectivity index (χ1v) is 19.7. The molecule has 2 heterocycles. The maximum Gasteiger partial charge on any atom is 0.332 e. The molecule has 0 aliphatic carbocycles. The molecule has 1 fully saturated rings. The topological polar surface area (TPSA) is 173 Å². The number of esters is 2. The molecule has 0 bridgehead atoms. The standard InChI is InChI=1S/C45H59N3O10/c1-10-28(2)37-41(51)46-33(27-56-36(49)25-24-31-20-13-11-14-21-31)40(50)47-39(44(5,6)54)42(52)57-38(32-22-15-12-16-23-32)30(4)19-17-18-29(3)34(55-9)26-35-45(7,58-35)43(53)48(37)8/h11-25,28,30,33-35,37-39,54H,10,26-27H2,1-9H3,(H,46,51)(H,47,50)/b19-17+,25-24+,29-18+/t28-,30+,33+,34+,35-,37-,38-,39+,45+/m0/s1. The molecule has 13 heteroatoms. The van der Waals surface area contributed by atoms with Crippen molar-refractivity contribution in [2.24, 2.45) is 11.8 Å². The van der Waals surface area contributed by atoms with E-state index in [9.17, 15) is 29.1 Å². The average molecular weight is 802 g/mol. The van der Waals surface area contributed by atoms with Gasteiger partial charge in [0.1, 0.15) is 24.8 Å². The van der Waals surface area contributed by atoms with E-state index in [1.807, 2.05) is 75.4 Å². The van der Waals surface area contributed by atoms with Gasteiger partial charge >= 0.3 is 11.9 Å². The summed E-state index contributed by atoms with van der Waals surface area (Å²) >= 11 is 0. The fraction of sp³-hybridized carbons (Fsp3) is 0.489. The summed E-state index contributed by atoms with van der Waals surface area (Å²) in [7, 11) is 3.09. The van der Waals surface area contributed by atoms with Crippen molar-refractivity contribution in [2.75, 3.05) is 20.8 Å². The number of fused-ring (bicyclic) bond motifs is 1. The third-order valence-electron chi connectivity index (χ3n) is 10.9.